The molecule has 0 bridgehead atoms. The van der Waals surface area contributed by atoms with Crippen LogP contribution in [0.25, 0.3) is 0 Å². The lowest BCUT2D eigenvalue weighted by Crippen LogP contribution is -2.49. The van der Waals surface area contributed by atoms with Crippen LogP contribution in [0.5, 0.6) is 0 Å². The maximum absolute atomic E-state index is 13.0. The van der Waals surface area contributed by atoms with Crippen molar-refractivity contribution in [2.24, 2.45) is 0 Å². The van der Waals surface area contributed by atoms with E-state index in [1.165, 1.54) is 35.5 Å². The highest BCUT2D eigenvalue weighted by Crippen LogP contribution is 2.41. The minimum absolute atomic E-state index is 0.00738. The van der Waals surface area contributed by atoms with Gasteiger partial charge in [-0.1, -0.05) is 0 Å². The Morgan fingerprint density at radius 2 is 1.85 bits per heavy atom. The average molecular weight is 396 g/mol. The second-order valence-corrected chi connectivity index (χ2v) is 8.90. The lowest BCUT2D eigenvalue weighted by Gasteiger charge is -2.38. The van der Waals surface area contributed by atoms with E-state index in [1.54, 1.807) is 6.92 Å². The van der Waals surface area contributed by atoms with Gasteiger partial charge in [-0.25, -0.2) is 21.9 Å². The van der Waals surface area contributed by atoms with E-state index in [0.29, 0.717) is 5.69 Å². The molecule has 3 rings (SSSR count). The molecule has 1 aromatic rings. The van der Waals surface area contributed by atoms with Gasteiger partial charge in [0.1, 0.15) is 11.4 Å². The number of hydrogen-bond donors (Lipinski definition) is 1. The molecule has 27 heavy (non-hydrogen) atoms. The number of nitrogens with zero attached hydrogens (tertiary/aromatic N) is 1. The first-order valence-corrected chi connectivity index (χ1v) is 10.3. The normalized spacial score (nSPS) is 20.0. The Morgan fingerprint density at radius 1 is 1.26 bits per heavy atom. The summed E-state index contributed by atoms with van der Waals surface area (Å²) in [5.74, 6) is -1.52. The molecule has 2 heterocycles. The Kier molecular flexibility index (Phi) is 5.09. The van der Waals surface area contributed by atoms with E-state index in [1.807, 2.05) is 0 Å². The summed E-state index contributed by atoms with van der Waals surface area (Å²) in [6.45, 7) is 3.43. The van der Waals surface area contributed by atoms with E-state index in [2.05, 4.69) is 5.32 Å². The Labute approximate surface area is 157 Å². The van der Waals surface area contributed by atoms with Gasteiger partial charge < -0.3 is 10.1 Å². The highest BCUT2D eigenvalue weighted by molar-refractivity contribution is 7.89. The SMILES string of the molecule is CCS(=O)(=O)N1CCC2(CC1)OC(=O)C(C)=C2C(=O)Nc1ccc(F)cc1. The van der Waals surface area contributed by atoms with Crippen LogP contribution < -0.4 is 5.32 Å². The van der Waals surface area contributed by atoms with Crippen LogP contribution in [0.15, 0.2) is 35.4 Å². The summed E-state index contributed by atoms with van der Waals surface area (Å²) >= 11 is 0. The third-order valence-electron chi connectivity index (χ3n) is 5.04. The highest BCUT2D eigenvalue weighted by atomic mass is 32.2. The Balaban J connectivity index is 1.83. The monoisotopic (exact) mass is 396 g/mol. The first kappa shape index (κ1) is 19.5. The van der Waals surface area contributed by atoms with Gasteiger partial charge in [-0.3, -0.25) is 4.79 Å². The molecule has 1 saturated heterocycles. The molecule has 0 saturated carbocycles. The summed E-state index contributed by atoms with van der Waals surface area (Å²) in [4.78, 5) is 25.0. The second kappa shape index (κ2) is 7.05. The van der Waals surface area contributed by atoms with Crippen molar-refractivity contribution in [3.63, 3.8) is 0 Å². The summed E-state index contributed by atoms with van der Waals surface area (Å²) in [6.07, 6.45) is 0.420. The lowest BCUT2D eigenvalue weighted by molar-refractivity contribution is -0.149. The molecule has 0 unspecified atom stereocenters. The van der Waals surface area contributed by atoms with E-state index >= 15 is 0 Å². The number of sulfonamides is 1. The third-order valence-corrected chi connectivity index (χ3v) is 6.92. The minimum Gasteiger partial charge on any atom is -0.450 e. The fraction of sp³-hybridized carbons (Fsp3) is 0.444. The van der Waals surface area contributed by atoms with Crippen LogP contribution >= 0.6 is 0 Å². The molecule has 0 atom stereocenters. The van der Waals surface area contributed by atoms with Gasteiger partial charge in [0.15, 0.2) is 0 Å². The highest BCUT2D eigenvalue weighted by Gasteiger charge is 2.51. The summed E-state index contributed by atoms with van der Waals surface area (Å²) in [7, 11) is -3.34. The van der Waals surface area contributed by atoms with Crippen molar-refractivity contribution in [2.45, 2.75) is 32.3 Å². The first-order chi connectivity index (χ1) is 12.7. The predicted molar refractivity (Wildman–Crippen MR) is 96.8 cm³/mol. The maximum Gasteiger partial charge on any atom is 0.335 e. The molecule has 2 aliphatic rings. The minimum atomic E-state index is -3.34. The van der Waals surface area contributed by atoms with Crippen LogP contribution in [0.4, 0.5) is 10.1 Å². The summed E-state index contributed by atoms with van der Waals surface area (Å²) < 4.78 is 44.1. The number of piperidine rings is 1. The Bertz CT molecular complexity index is 900. The molecule has 1 amide bonds. The van der Waals surface area contributed by atoms with Gasteiger partial charge in [-0.15, -0.1) is 0 Å². The van der Waals surface area contributed by atoms with Crippen molar-refractivity contribution in [3.05, 3.63) is 41.2 Å². The topological polar surface area (TPSA) is 92.8 Å². The molecule has 1 aromatic carbocycles. The van der Waals surface area contributed by atoms with E-state index in [9.17, 15) is 22.4 Å². The second-order valence-electron chi connectivity index (χ2n) is 6.64. The molecular weight excluding hydrogens is 375 g/mol. The third kappa shape index (κ3) is 3.61. The van der Waals surface area contributed by atoms with Crippen LogP contribution in [0.1, 0.15) is 26.7 Å². The molecule has 1 fully saturated rings. The van der Waals surface area contributed by atoms with Crippen molar-refractivity contribution in [1.29, 1.82) is 0 Å². The van der Waals surface area contributed by atoms with Crippen LogP contribution in [-0.2, 0) is 24.3 Å². The number of halogens is 1. The molecule has 2 aliphatic heterocycles. The van der Waals surface area contributed by atoms with E-state index in [-0.39, 0.29) is 42.8 Å². The Morgan fingerprint density at radius 3 is 2.41 bits per heavy atom. The molecular formula is C18H21FN2O5S. The fourth-order valence-corrected chi connectivity index (χ4v) is 4.62. The Hall–Kier alpha value is -2.26. The van der Waals surface area contributed by atoms with E-state index in [4.69, 9.17) is 4.74 Å². The summed E-state index contributed by atoms with van der Waals surface area (Å²) in [5.41, 5.74) is -0.320. The summed E-state index contributed by atoms with van der Waals surface area (Å²) in [6, 6.07) is 5.28. The maximum atomic E-state index is 13.0. The van der Waals surface area contributed by atoms with Crippen molar-refractivity contribution >= 4 is 27.6 Å². The molecule has 1 spiro atoms. The van der Waals surface area contributed by atoms with Gasteiger partial charge in [0.2, 0.25) is 10.0 Å². The van der Waals surface area contributed by atoms with Crippen molar-refractivity contribution in [1.82, 2.24) is 4.31 Å². The zero-order valence-corrected chi connectivity index (χ0v) is 15.9. The number of carbonyl (C=O) groups excluding carboxylic acids is 2. The van der Waals surface area contributed by atoms with Gasteiger partial charge in [-0.05, 0) is 38.1 Å². The number of rotatable bonds is 4. The van der Waals surface area contributed by atoms with Crippen molar-refractivity contribution in [2.75, 3.05) is 24.2 Å². The molecule has 0 aromatic heterocycles. The van der Waals surface area contributed by atoms with Gasteiger partial charge in [-0.2, -0.15) is 0 Å². The van der Waals surface area contributed by atoms with Crippen LogP contribution in [0.3, 0.4) is 0 Å². The number of amides is 1. The van der Waals surface area contributed by atoms with Crippen LogP contribution in [0, 0.1) is 5.82 Å². The molecule has 7 nitrogen and oxygen atoms in total. The van der Waals surface area contributed by atoms with Crippen LogP contribution in [-0.4, -0.2) is 49.0 Å². The number of nitrogens with one attached hydrogen (secondary N) is 1. The summed E-state index contributed by atoms with van der Waals surface area (Å²) in [5, 5.41) is 2.66. The predicted octanol–water partition coefficient (Wildman–Crippen LogP) is 1.82. The van der Waals surface area contributed by atoms with E-state index in [0.717, 1.165) is 0 Å². The number of anilines is 1. The fourth-order valence-electron chi connectivity index (χ4n) is 3.51. The van der Waals surface area contributed by atoms with Gasteiger partial charge in [0, 0.05) is 37.2 Å². The average Bonchev–Trinajstić information content (AvgIpc) is 2.87. The molecule has 9 heteroatoms. The van der Waals surface area contributed by atoms with Gasteiger partial charge in [0.05, 0.1) is 11.3 Å². The van der Waals surface area contributed by atoms with Crippen LogP contribution in [0.2, 0.25) is 0 Å². The number of ether oxygens (including phenoxy) is 1. The molecule has 1 N–H and O–H groups in total. The number of esters is 1. The zero-order valence-electron chi connectivity index (χ0n) is 15.1. The zero-order chi connectivity index (χ0) is 19.8. The quantitative estimate of drug-likeness (QED) is 0.784. The van der Waals surface area contributed by atoms with Gasteiger partial charge >= 0.3 is 5.97 Å². The van der Waals surface area contributed by atoms with Gasteiger partial charge in [0.25, 0.3) is 5.91 Å². The lowest BCUT2D eigenvalue weighted by atomic mass is 9.83. The number of hydrogen-bond acceptors (Lipinski definition) is 5. The molecule has 0 radical (unpaired) electrons. The van der Waals surface area contributed by atoms with Crippen molar-refractivity contribution < 1.29 is 27.1 Å². The van der Waals surface area contributed by atoms with Crippen molar-refractivity contribution in [3.8, 4) is 0 Å². The largest absolute Gasteiger partial charge is 0.450 e. The smallest absolute Gasteiger partial charge is 0.335 e. The molecule has 146 valence electrons. The van der Waals surface area contributed by atoms with E-state index < -0.39 is 33.3 Å². The number of carbonyl (C=O) groups is 2. The first-order valence-electron chi connectivity index (χ1n) is 8.68. The number of benzene rings is 1. The molecule has 0 aliphatic carbocycles. The standard InChI is InChI=1S/C18H21FN2O5S/c1-3-27(24,25)21-10-8-18(9-11-21)15(12(2)17(23)26-18)16(22)20-14-6-4-13(19)5-7-14/h4-7H,3,8-11H2,1-2H3,(H,20,22).